The third kappa shape index (κ3) is 9.38. The van der Waals surface area contributed by atoms with Crippen LogP contribution in [-0.4, -0.2) is 13.2 Å². The molecule has 2 heteroatoms. The van der Waals surface area contributed by atoms with Crippen LogP contribution in [0.2, 0.25) is 0 Å². The van der Waals surface area contributed by atoms with Gasteiger partial charge < -0.3 is 9.47 Å². The Hall–Kier alpha value is -1.18. The van der Waals surface area contributed by atoms with Gasteiger partial charge in [0.2, 0.25) is 0 Å². The van der Waals surface area contributed by atoms with Crippen molar-refractivity contribution in [1.82, 2.24) is 0 Å². The Morgan fingerprint density at radius 1 is 0.571 bits per heavy atom. The quantitative estimate of drug-likeness (QED) is 0.415. The molecule has 120 valence electrons. The minimum absolute atomic E-state index is 0.800. The summed E-state index contributed by atoms with van der Waals surface area (Å²) in [5, 5.41) is 0. The minimum Gasteiger partial charge on any atom is -0.494 e. The highest BCUT2D eigenvalue weighted by Crippen LogP contribution is 2.18. The van der Waals surface area contributed by atoms with Crippen LogP contribution in [0.4, 0.5) is 0 Å². The van der Waals surface area contributed by atoms with Crippen LogP contribution >= 0.6 is 0 Å². The lowest BCUT2D eigenvalue weighted by atomic mass is 10.1. The van der Waals surface area contributed by atoms with E-state index in [1.54, 1.807) is 0 Å². The van der Waals surface area contributed by atoms with E-state index in [0.717, 1.165) is 37.6 Å². The van der Waals surface area contributed by atoms with Crippen LogP contribution in [0.25, 0.3) is 0 Å². The average Bonchev–Trinajstić information content (AvgIpc) is 2.52. The van der Waals surface area contributed by atoms with Crippen LogP contribution < -0.4 is 9.47 Å². The Morgan fingerprint density at radius 3 is 1.52 bits per heavy atom. The summed E-state index contributed by atoms with van der Waals surface area (Å²) in [4.78, 5) is 0. The number of ether oxygens (including phenoxy) is 2. The molecule has 0 aliphatic carbocycles. The average molecular weight is 292 g/mol. The van der Waals surface area contributed by atoms with Gasteiger partial charge in [-0.1, -0.05) is 58.8 Å². The summed E-state index contributed by atoms with van der Waals surface area (Å²) in [7, 11) is 0. The van der Waals surface area contributed by atoms with Crippen molar-refractivity contribution < 1.29 is 9.47 Å². The van der Waals surface area contributed by atoms with Crippen molar-refractivity contribution in [1.29, 1.82) is 0 Å². The van der Waals surface area contributed by atoms with Gasteiger partial charge in [-0.15, -0.1) is 0 Å². The number of hydrogen-bond donors (Lipinski definition) is 0. The second kappa shape index (κ2) is 12.6. The summed E-state index contributed by atoms with van der Waals surface area (Å²) >= 11 is 0. The molecule has 0 spiro atoms. The fourth-order valence-electron chi connectivity index (χ4n) is 2.22. The predicted molar refractivity (Wildman–Crippen MR) is 90.3 cm³/mol. The van der Waals surface area contributed by atoms with Crippen molar-refractivity contribution in [2.24, 2.45) is 0 Å². The van der Waals surface area contributed by atoms with Gasteiger partial charge in [0.05, 0.1) is 13.2 Å². The van der Waals surface area contributed by atoms with E-state index in [1.165, 1.54) is 44.9 Å². The molecular weight excluding hydrogens is 260 g/mol. The Balaban J connectivity index is 2.04. The standard InChI is InChI=1S/C19H32O2/c1-3-5-7-8-9-10-11-17-21-19-14-12-18(13-15-19)20-16-6-4-2/h12-15H,3-11,16-17H2,1-2H3. The topological polar surface area (TPSA) is 18.5 Å². The van der Waals surface area contributed by atoms with Crippen molar-refractivity contribution in [3.8, 4) is 11.5 Å². The predicted octanol–water partition coefficient (Wildman–Crippen LogP) is 5.99. The van der Waals surface area contributed by atoms with Crippen LogP contribution in [0.1, 0.15) is 71.6 Å². The van der Waals surface area contributed by atoms with Crippen LogP contribution in [0.5, 0.6) is 11.5 Å². The fraction of sp³-hybridized carbons (Fsp3) is 0.684. The van der Waals surface area contributed by atoms with E-state index >= 15 is 0 Å². The summed E-state index contributed by atoms with van der Waals surface area (Å²) in [5.41, 5.74) is 0. The first-order valence-corrected chi connectivity index (χ1v) is 8.72. The Morgan fingerprint density at radius 2 is 1.00 bits per heavy atom. The van der Waals surface area contributed by atoms with Crippen molar-refractivity contribution >= 4 is 0 Å². The van der Waals surface area contributed by atoms with E-state index in [2.05, 4.69) is 13.8 Å². The van der Waals surface area contributed by atoms with Gasteiger partial charge in [-0.2, -0.15) is 0 Å². The monoisotopic (exact) mass is 292 g/mol. The zero-order valence-corrected chi connectivity index (χ0v) is 13.9. The maximum atomic E-state index is 5.76. The Bertz CT molecular complexity index is 332. The van der Waals surface area contributed by atoms with Gasteiger partial charge in [0, 0.05) is 0 Å². The Kier molecular flexibility index (Phi) is 10.7. The first kappa shape index (κ1) is 17.9. The molecule has 0 aliphatic rings. The first-order valence-electron chi connectivity index (χ1n) is 8.72. The molecule has 0 fully saturated rings. The molecule has 0 amide bonds. The normalized spacial score (nSPS) is 10.6. The van der Waals surface area contributed by atoms with E-state index in [1.807, 2.05) is 24.3 Å². The van der Waals surface area contributed by atoms with Gasteiger partial charge in [0.15, 0.2) is 0 Å². The van der Waals surface area contributed by atoms with E-state index in [-0.39, 0.29) is 0 Å². The molecule has 0 unspecified atom stereocenters. The second-order valence-corrected chi connectivity index (χ2v) is 5.64. The fourth-order valence-corrected chi connectivity index (χ4v) is 2.22. The summed E-state index contributed by atoms with van der Waals surface area (Å²) in [6, 6.07) is 8.00. The molecular formula is C19H32O2. The van der Waals surface area contributed by atoms with E-state index in [0.29, 0.717) is 0 Å². The maximum absolute atomic E-state index is 5.76. The molecule has 0 atom stereocenters. The van der Waals surface area contributed by atoms with Gasteiger partial charge in [-0.3, -0.25) is 0 Å². The van der Waals surface area contributed by atoms with Crippen LogP contribution in [0, 0.1) is 0 Å². The summed E-state index contributed by atoms with van der Waals surface area (Å²) < 4.78 is 11.4. The molecule has 0 bridgehead atoms. The minimum atomic E-state index is 0.800. The number of benzene rings is 1. The molecule has 0 aromatic heterocycles. The molecule has 0 aliphatic heterocycles. The lowest BCUT2D eigenvalue weighted by molar-refractivity contribution is 0.298. The molecule has 0 saturated heterocycles. The van der Waals surface area contributed by atoms with Gasteiger partial charge in [-0.05, 0) is 37.1 Å². The van der Waals surface area contributed by atoms with E-state index in [4.69, 9.17) is 9.47 Å². The van der Waals surface area contributed by atoms with E-state index < -0.39 is 0 Å². The van der Waals surface area contributed by atoms with Crippen molar-refractivity contribution in [2.45, 2.75) is 71.6 Å². The summed E-state index contributed by atoms with van der Waals surface area (Å²) in [5.74, 6) is 1.88. The lowest BCUT2D eigenvalue weighted by Gasteiger charge is -2.08. The number of unbranched alkanes of at least 4 members (excludes halogenated alkanes) is 7. The largest absolute Gasteiger partial charge is 0.494 e. The van der Waals surface area contributed by atoms with Crippen LogP contribution in [0.15, 0.2) is 24.3 Å². The van der Waals surface area contributed by atoms with Crippen molar-refractivity contribution in [3.05, 3.63) is 24.3 Å². The van der Waals surface area contributed by atoms with Crippen LogP contribution in [-0.2, 0) is 0 Å². The van der Waals surface area contributed by atoms with Crippen molar-refractivity contribution in [3.63, 3.8) is 0 Å². The molecule has 1 aromatic carbocycles. The third-order valence-electron chi connectivity index (χ3n) is 3.61. The highest BCUT2D eigenvalue weighted by atomic mass is 16.5. The smallest absolute Gasteiger partial charge is 0.119 e. The highest BCUT2D eigenvalue weighted by molar-refractivity contribution is 5.31. The molecule has 1 rings (SSSR count). The molecule has 2 nitrogen and oxygen atoms in total. The van der Waals surface area contributed by atoms with Crippen LogP contribution in [0.3, 0.4) is 0 Å². The van der Waals surface area contributed by atoms with Gasteiger partial charge in [0.1, 0.15) is 11.5 Å². The zero-order valence-electron chi connectivity index (χ0n) is 13.9. The maximum Gasteiger partial charge on any atom is 0.119 e. The van der Waals surface area contributed by atoms with Gasteiger partial charge in [-0.25, -0.2) is 0 Å². The molecule has 0 radical (unpaired) electrons. The summed E-state index contributed by atoms with van der Waals surface area (Å²) in [6.45, 7) is 6.05. The summed E-state index contributed by atoms with van der Waals surface area (Å²) in [6.07, 6.45) is 11.5. The van der Waals surface area contributed by atoms with E-state index in [9.17, 15) is 0 Å². The molecule has 0 heterocycles. The SMILES string of the molecule is CCCCCCCCCOc1ccc(OCCCC)cc1. The molecule has 0 N–H and O–H groups in total. The zero-order chi connectivity index (χ0) is 15.2. The van der Waals surface area contributed by atoms with Gasteiger partial charge in [0.25, 0.3) is 0 Å². The third-order valence-corrected chi connectivity index (χ3v) is 3.61. The molecule has 1 aromatic rings. The van der Waals surface area contributed by atoms with Gasteiger partial charge >= 0.3 is 0 Å². The second-order valence-electron chi connectivity index (χ2n) is 5.64. The highest BCUT2D eigenvalue weighted by Gasteiger charge is 1.97. The Labute approximate surface area is 130 Å². The lowest BCUT2D eigenvalue weighted by Crippen LogP contribution is -1.98. The number of rotatable bonds is 13. The first-order chi connectivity index (χ1) is 10.4. The van der Waals surface area contributed by atoms with Crippen molar-refractivity contribution in [2.75, 3.05) is 13.2 Å². The molecule has 21 heavy (non-hydrogen) atoms. The number of hydrogen-bond acceptors (Lipinski definition) is 2. The molecule has 0 saturated carbocycles.